The molecule has 0 spiro atoms. The van der Waals surface area contributed by atoms with Gasteiger partial charge >= 0.3 is 0 Å². The molecule has 1 aliphatic heterocycles. The molecule has 1 aromatic heterocycles. The minimum Gasteiger partial charge on any atom is -0.293 e. The molecule has 2 aromatic rings. The third-order valence-corrected chi connectivity index (χ3v) is 6.75. The van der Waals surface area contributed by atoms with Gasteiger partial charge in [0.05, 0.1) is 11.4 Å². The molecule has 0 amide bonds. The first-order valence-corrected chi connectivity index (χ1v) is 11.0. The average Bonchev–Trinajstić information content (AvgIpc) is 3.10. The second-order valence-corrected chi connectivity index (χ2v) is 8.83. The molecule has 1 saturated heterocycles. The highest BCUT2D eigenvalue weighted by atomic mass is 32.2. The smallest absolute Gasteiger partial charge is 0.243 e. The van der Waals surface area contributed by atoms with Crippen LogP contribution in [0, 0.1) is 0 Å². The Hall–Kier alpha value is -1.84. The van der Waals surface area contributed by atoms with Crippen molar-refractivity contribution in [1.29, 1.82) is 0 Å². The van der Waals surface area contributed by atoms with E-state index < -0.39 is 10.0 Å². The molecule has 1 aliphatic rings. The summed E-state index contributed by atoms with van der Waals surface area (Å²) in [6.07, 6.45) is 2.99. The SMILES string of the molecule is CCCc1ccc(S(=O)(=O)N2CCN(Cc3nnnn3CCC)CC2)cc1. The van der Waals surface area contributed by atoms with Crippen LogP contribution in [0.5, 0.6) is 0 Å². The topological polar surface area (TPSA) is 84.2 Å². The first-order chi connectivity index (χ1) is 13.0. The molecule has 9 heteroatoms. The highest BCUT2D eigenvalue weighted by Crippen LogP contribution is 2.19. The van der Waals surface area contributed by atoms with Gasteiger partial charge in [0.1, 0.15) is 0 Å². The standard InChI is InChI=1S/C18H28N6O2S/c1-3-5-16-6-8-17(9-7-16)27(25,26)23-13-11-22(12-14-23)15-18-19-20-21-24(18)10-4-2/h6-9H,3-5,10-15H2,1-2H3. The van der Waals surface area contributed by atoms with E-state index in [4.69, 9.17) is 0 Å². The lowest BCUT2D eigenvalue weighted by molar-refractivity contribution is 0.175. The Morgan fingerprint density at radius 1 is 1.00 bits per heavy atom. The minimum absolute atomic E-state index is 0.377. The number of hydrogen-bond acceptors (Lipinski definition) is 6. The highest BCUT2D eigenvalue weighted by Gasteiger charge is 2.29. The van der Waals surface area contributed by atoms with E-state index in [1.54, 1.807) is 16.4 Å². The van der Waals surface area contributed by atoms with Crippen molar-refractivity contribution < 1.29 is 8.42 Å². The second-order valence-electron chi connectivity index (χ2n) is 6.89. The van der Waals surface area contributed by atoms with E-state index in [-0.39, 0.29) is 0 Å². The Kier molecular flexibility index (Phi) is 6.56. The summed E-state index contributed by atoms with van der Waals surface area (Å²) in [4.78, 5) is 2.58. The largest absolute Gasteiger partial charge is 0.293 e. The summed E-state index contributed by atoms with van der Waals surface area (Å²) in [6, 6.07) is 7.29. The third-order valence-electron chi connectivity index (χ3n) is 4.84. The van der Waals surface area contributed by atoms with Crippen LogP contribution in [-0.2, 0) is 29.5 Å². The lowest BCUT2D eigenvalue weighted by atomic mass is 10.1. The number of sulfonamides is 1. The molecular formula is C18H28N6O2S. The van der Waals surface area contributed by atoms with Gasteiger partial charge in [0.15, 0.2) is 5.82 Å². The summed E-state index contributed by atoms with van der Waals surface area (Å²) in [5.41, 5.74) is 1.17. The van der Waals surface area contributed by atoms with Gasteiger partial charge in [-0.2, -0.15) is 4.31 Å². The molecule has 2 heterocycles. The minimum atomic E-state index is -3.43. The van der Waals surface area contributed by atoms with Gasteiger partial charge in [-0.25, -0.2) is 13.1 Å². The van der Waals surface area contributed by atoms with Crippen LogP contribution < -0.4 is 0 Å². The maximum Gasteiger partial charge on any atom is 0.243 e. The molecule has 0 saturated carbocycles. The molecule has 0 unspecified atom stereocenters. The number of hydrogen-bond donors (Lipinski definition) is 0. The zero-order valence-electron chi connectivity index (χ0n) is 16.1. The van der Waals surface area contributed by atoms with Crippen LogP contribution in [0.15, 0.2) is 29.2 Å². The third kappa shape index (κ3) is 4.72. The van der Waals surface area contributed by atoms with Crippen molar-refractivity contribution in [2.24, 2.45) is 0 Å². The molecule has 0 bridgehead atoms. The molecular weight excluding hydrogens is 364 g/mol. The first-order valence-electron chi connectivity index (χ1n) is 9.61. The number of aromatic nitrogens is 4. The summed E-state index contributed by atoms with van der Waals surface area (Å²) < 4.78 is 29.2. The van der Waals surface area contributed by atoms with Gasteiger partial charge in [0, 0.05) is 32.7 Å². The molecule has 0 aliphatic carbocycles. The van der Waals surface area contributed by atoms with Crippen molar-refractivity contribution in [3.05, 3.63) is 35.7 Å². The molecule has 1 aromatic carbocycles. The molecule has 0 atom stereocenters. The predicted octanol–water partition coefficient (Wildman–Crippen LogP) is 1.54. The van der Waals surface area contributed by atoms with Gasteiger partial charge in [-0.3, -0.25) is 4.90 Å². The normalized spacial score (nSPS) is 16.7. The van der Waals surface area contributed by atoms with Crippen LogP contribution in [0.2, 0.25) is 0 Å². The van der Waals surface area contributed by atoms with Gasteiger partial charge in [0.2, 0.25) is 10.0 Å². The Morgan fingerprint density at radius 3 is 2.33 bits per heavy atom. The average molecular weight is 393 g/mol. The zero-order chi connectivity index (χ0) is 19.3. The Bertz CT molecular complexity index is 826. The number of piperazine rings is 1. The fourth-order valence-corrected chi connectivity index (χ4v) is 4.74. The first kappa shape index (κ1) is 19.9. The molecule has 0 N–H and O–H groups in total. The van der Waals surface area contributed by atoms with E-state index in [2.05, 4.69) is 34.3 Å². The second kappa shape index (κ2) is 8.90. The van der Waals surface area contributed by atoms with E-state index in [9.17, 15) is 8.42 Å². The molecule has 3 rings (SSSR count). The zero-order valence-corrected chi connectivity index (χ0v) is 16.9. The van der Waals surface area contributed by atoms with Crippen LogP contribution in [-0.4, -0.2) is 64.0 Å². The molecule has 1 fully saturated rings. The summed E-state index contributed by atoms with van der Waals surface area (Å²) in [6.45, 7) is 7.95. The number of aryl methyl sites for hydroxylation is 2. The van der Waals surface area contributed by atoms with E-state index >= 15 is 0 Å². The number of nitrogens with zero attached hydrogens (tertiary/aromatic N) is 6. The van der Waals surface area contributed by atoms with Crippen molar-refractivity contribution >= 4 is 10.0 Å². The van der Waals surface area contributed by atoms with Gasteiger partial charge in [-0.05, 0) is 41.0 Å². The van der Waals surface area contributed by atoms with Crippen molar-refractivity contribution in [3.8, 4) is 0 Å². The van der Waals surface area contributed by atoms with Gasteiger partial charge in [-0.1, -0.05) is 32.4 Å². The maximum atomic E-state index is 12.9. The lowest BCUT2D eigenvalue weighted by Gasteiger charge is -2.33. The maximum absolute atomic E-state index is 12.9. The predicted molar refractivity (Wildman–Crippen MR) is 103 cm³/mol. The van der Waals surface area contributed by atoms with Crippen LogP contribution >= 0.6 is 0 Å². The molecule has 8 nitrogen and oxygen atoms in total. The quantitative estimate of drug-likeness (QED) is 0.678. The Balaban J connectivity index is 1.60. The Labute approximate surface area is 161 Å². The monoisotopic (exact) mass is 392 g/mol. The van der Waals surface area contributed by atoms with Crippen molar-refractivity contribution in [3.63, 3.8) is 0 Å². The van der Waals surface area contributed by atoms with Crippen LogP contribution in [0.1, 0.15) is 38.1 Å². The van der Waals surface area contributed by atoms with Gasteiger partial charge in [0.25, 0.3) is 0 Å². The summed E-state index contributed by atoms with van der Waals surface area (Å²) in [7, 11) is -3.43. The van der Waals surface area contributed by atoms with Crippen molar-refractivity contribution in [1.82, 2.24) is 29.4 Å². The van der Waals surface area contributed by atoms with E-state index in [0.717, 1.165) is 31.6 Å². The highest BCUT2D eigenvalue weighted by molar-refractivity contribution is 7.89. The summed E-state index contributed by atoms with van der Waals surface area (Å²) in [5, 5.41) is 11.9. The van der Waals surface area contributed by atoms with E-state index in [1.165, 1.54) is 5.56 Å². The van der Waals surface area contributed by atoms with Crippen LogP contribution in [0.3, 0.4) is 0 Å². The molecule has 148 valence electrons. The van der Waals surface area contributed by atoms with Gasteiger partial charge < -0.3 is 0 Å². The fourth-order valence-electron chi connectivity index (χ4n) is 3.32. The molecule has 0 radical (unpaired) electrons. The summed E-state index contributed by atoms with van der Waals surface area (Å²) in [5.74, 6) is 0.833. The lowest BCUT2D eigenvalue weighted by Crippen LogP contribution is -2.48. The fraction of sp³-hybridized carbons (Fsp3) is 0.611. The van der Waals surface area contributed by atoms with E-state index in [0.29, 0.717) is 37.6 Å². The van der Waals surface area contributed by atoms with Crippen LogP contribution in [0.25, 0.3) is 0 Å². The van der Waals surface area contributed by atoms with Crippen molar-refractivity contribution in [2.45, 2.75) is 51.1 Å². The number of benzene rings is 1. The number of rotatable bonds is 8. The van der Waals surface area contributed by atoms with Gasteiger partial charge in [-0.15, -0.1) is 5.10 Å². The van der Waals surface area contributed by atoms with Crippen LogP contribution in [0.4, 0.5) is 0 Å². The molecule has 27 heavy (non-hydrogen) atoms. The Morgan fingerprint density at radius 2 is 1.70 bits per heavy atom. The van der Waals surface area contributed by atoms with E-state index in [1.807, 2.05) is 16.8 Å². The van der Waals surface area contributed by atoms with Crippen molar-refractivity contribution in [2.75, 3.05) is 26.2 Å². The summed E-state index contributed by atoms with van der Waals surface area (Å²) >= 11 is 0. The number of tetrazole rings is 1.